The van der Waals surface area contributed by atoms with Crippen LogP contribution in [0.4, 0.5) is 0 Å². The van der Waals surface area contributed by atoms with Crippen LogP contribution >= 0.6 is 0 Å². The van der Waals surface area contributed by atoms with E-state index in [9.17, 15) is 10.2 Å². The fourth-order valence-corrected chi connectivity index (χ4v) is 3.20. The van der Waals surface area contributed by atoms with Gasteiger partial charge in [-0.2, -0.15) is 0 Å². The molecule has 0 radical (unpaired) electrons. The van der Waals surface area contributed by atoms with Crippen LogP contribution in [0.5, 0.6) is 0 Å². The predicted molar refractivity (Wildman–Crippen MR) is 76.4 cm³/mol. The molecule has 1 aromatic carbocycles. The van der Waals surface area contributed by atoms with Crippen LogP contribution < -0.4 is 0 Å². The van der Waals surface area contributed by atoms with Crippen molar-refractivity contribution in [2.45, 2.75) is 49.2 Å². The van der Waals surface area contributed by atoms with Crippen LogP contribution in [0.3, 0.4) is 0 Å². The number of hydrogen-bond donors (Lipinski definition) is 2. The predicted octanol–water partition coefficient (Wildman–Crippen LogP) is -0.0389. The first-order chi connectivity index (χ1) is 11.2. The summed E-state index contributed by atoms with van der Waals surface area (Å²) in [6, 6.07) is 9.82. The first-order valence-electron chi connectivity index (χ1n) is 7.71. The van der Waals surface area contributed by atoms with E-state index in [4.69, 9.17) is 23.7 Å². The van der Waals surface area contributed by atoms with Crippen molar-refractivity contribution in [2.24, 2.45) is 0 Å². The Hall–Kier alpha value is -1.06. The second-order valence-electron chi connectivity index (χ2n) is 5.99. The SMILES string of the molecule is CO[C@H]1O[C@@H]2CO[C@@H]([C@@H]3O[C@H]3c3ccccc3)O[C@H]2[C@H](O)[C@H]1O. The summed E-state index contributed by atoms with van der Waals surface area (Å²) in [5.74, 6) is 0. The molecular weight excluding hydrogens is 304 g/mol. The molecule has 0 aliphatic carbocycles. The summed E-state index contributed by atoms with van der Waals surface area (Å²) in [6.45, 7) is 0.250. The maximum absolute atomic E-state index is 10.2. The van der Waals surface area contributed by atoms with Crippen molar-refractivity contribution in [2.75, 3.05) is 13.7 Å². The lowest BCUT2D eigenvalue weighted by Gasteiger charge is -2.45. The third kappa shape index (κ3) is 2.78. The van der Waals surface area contributed by atoms with Gasteiger partial charge in [0.15, 0.2) is 12.6 Å². The number of benzene rings is 1. The number of methoxy groups -OCH3 is 1. The van der Waals surface area contributed by atoms with Crippen LogP contribution in [0, 0.1) is 0 Å². The van der Waals surface area contributed by atoms with E-state index in [2.05, 4.69) is 0 Å². The number of rotatable bonds is 3. The van der Waals surface area contributed by atoms with Crippen LogP contribution in [0.25, 0.3) is 0 Å². The molecule has 0 aromatic heterocycles. The minimum Gasteiger partial charge on any atom is -0.387 e. The Morgan fingerprint density at radius 2 is 1.78 bits per heavy atom. The zero-order valence-electron chi connectivity index (χ0n) is 12.6. The molecule has 0 amide bonds. The van der Waals surface area contributed by atoms with Crippen molar-refractivity contribution in [1.29, 1.82) is 0 Å². The Labute approximate surface area is 133 Å². The van der Waals surface area contributed by atoms with E-state index in [1.165, 1.54) is 7.11 Å². The fourth-order valence-electron chi connectivity index (χ4n) is 3.20. The van der Waals surface area contributed by atoms with E-state index in [0.29, 0.717) is 0 Å². The normalized spacial score (nSPS) is 46.2. The van der Waals surface area contributed by atoms with Gasteiger partial charge in [-0.25, -0.2) is 0 Å². The van der Waals surface area contributed by atoms with Crippen molar-refractivity contribution in [3.05, 3.63) is 35.9 Å². The highest BCUT2D eigenvalue weighted by Crippen LogP contribution is 2.44. The maximum atomic E-state index is 10.2. The smallest absolute Gasteiger partial charge is 0.187 e. The van der Waals surface area contributed by atoms with Gasteiger partial charge in [0.05, 0.1) is 6.61 Å². The standard InChI is InChI=1S/C16H20O7/c1-19-15-11(18)10(17)13-9(21-15)7-20-16(23-13)14-12(22-14)8-5-3-2-4-6-8/h2-6,9-18H,7H2,1H3/t9-,10-,11-,12+,13-,14-,15+,16-/m1/s1. The molecule has 0 bridgehead atoms. The maximum Gasteiger partial charge on any atom is 0.187 e. The van der Waals surface area contributed by atoms with Crippen molar-refractivity contribution >= 4 is 0 Å². The van der Waals surface area contributed by atoms with E-state index in [-0.39, 0.29) is 18.8 Å². The summed E-state index contributed by atoms with van der Waals surface area (Å²) in [5.41, 5.74) is 1.06. The number of aliphatic hydroxyl groups is 2. The number of ether oxygens (including phenoxy) is 5. The molecule has 8 atom stereocenters. The Balaban J connectivity index is 1.41. The molecule has 0 spiro atoms. The molecule has 7 heteroatoms. The summed E-state index contributed by atoms with van der Waals surface area (Å²) in [7, 11) is 1.41. The third-order valence-corrected chi connectivity index (χ3v) is 4.51. The summed E-state index contributed by atoms with van der Waals surface area (Å²) in [5, 5.41) is 20.2. The molecule has 126 valence electrons. The van der Waals surface area contributed by atoms with E-state index < -0.39 is 37.0 Å². The Kier molecular flexibility index (Phi) is 4.10. The van der Waals surface area contributed by atoms with Crippen LogP contribution in [0.1, 0.15) is 11.7 Å². The minimum absolute atomic E-state index is 0.0731. The second kappa shape index (κ2) is 6.10. The molecule has 7 nitrogen and oxygen atoms in total. The molecule has 1 aromatic rings. The number of aliphatic hydroxyl groups excluding tert-OH is 2. The summed E-state index contributed by atoms with van der Waals surface area (Å²) in [6.07, 6.45) is -5.18. The van der Waals surface area contributed by atoms with E-state index in [1.54, 1.807) is 0 Å². The highest BCUT2D eigenvalue weighted by Gasteiger charge is 2.54. The van der Waals surface area contributed by atoms with Crippen molar-refractivity contribution in [3.8, 4) is 0 Å². The molecule has 2 N–H and O–H groups in total. The van der Waals surface area contributed by atoms with E-state index in [1.807, 2.05) is 30.3 Å². The Morgan fingerprint density at radius 3 is 2.52 bits per heavy atom. The summed E-state index contributed by atoms with van der Waals surface area (Å²) < 4.78 is 27.7. The largest absolute Gasteiger partial charge is 0.387 e. The fraction of sp³-hybridized carbons (Fsp3) is 0.625. The highest BCUT2D eigenvalue weighted by atomic mass is 16.8. The van der Waals surface area contributed by atoms with Crippen LogP contribution in [0.15, 0.2) is 30.3 Å². The lowest BCUT2D eigenvalue weighted by molar-refractivity contribution is -0.357. The number of fused-ring (bicyclic) bond motifs is 1. The zero-order chi connectivity index (χ0) is 16.0. The van der Waals surface area contributed by atoms with Gasteiger partial charge < -0.3 is 33.9 Å². The van der Waals surface area contributed by atoms with Gasteiger partial charge in [-0.05, 0) is 5.56 Å². The monoisotopic (exact) mass is 324 g/mol. The molecular formula is C16H20O7. The molecule has 3 aliphatic rings. The van der Waals surface area contributed by atoms with Gasteiger partial charge in [-0.3, -0.25) is 0 Å². The van der Waals surface area contributed by atoms with E-state index in [0.717, 1.165) is 5.56 Å². The lowest BCUT2D eigenvalue weighted by Crippen LogP contribution is -2.63. The molecule has 3 fully saturated rings. The van der Waals surface area contributed by atoms with Gasteiger partial charge >= 0.3 is 0 Å². The van der Waals surface area contributed by atoms with Gasteiger partial charge in [-0.1, -0.05) is 30.3 Å². The van der Waals surface area contributed by atoms with Crippen LogP contribution in [0.2, 0.25) is 0 Å². The first kappa shape index (κ1) is 15.5. The molecule has 3 heterocycles. The van der Waals surface area contributed by atoms with E-state index >= 15 is 0 Å². The molecule has 23 heavy (non-hydrogen) atoms. The minimum atomic E-state index is -1.16. The van der Waals surface area contributed by atoms with Crippen molar-refractivity contribution in [1.82, 2.24) is 0 Å². The van der Waals surface area contributed by atoms with Crippen molar-refractivity contribution in [3.63, 3.8) is 0 Å². The lowest BCUT2D eigenvalue weighted by atomic mass is 9.98. The quantitative estimate of drug-likeness (QED) is 0.754. The Bertz CT molecular complexity index is 536. The van der Waals surface area contributed by atoms with Crippen molar-refractivity contribution < 1.29 is 33.9 Å². The summed E-state index contributed by atoms with van der Waals surface area (Å²) >= 11 is 0. The third-order valence-electron chi connectivity index (χ3n) is 4.51. The molecule has 3 aliphatic heterocycles. The molecule has 0 saturated carbocycles. The van der Waals surface area contributed by atoms with Gasteiger partial charge in [0.1, 0.15) is 36.6 Å². The van der Waals surface area contributed by atoms with Gasteiger partial charge in [0.2, 0.25) is 0 Å². The molecule has 3 saturated heterocycles. The summed E-state index contributed by atoms with van der Waals surface area (Å²) in [4.78, 5) is 0. The van der Waals surface area contributed by atoms with Gasteiger partial charge in [0, 0.05) is 7.11 Å². The molecule has 4 rings (SSSR count). The Morgan fingerprint density at radius 1 is 1.00 bits per heavy atom. The number of epoxide rings is 1. The van der Waals surface area contributed by atoms with Gasteiger partial charge in [0.25, 0.3) is 0 Å². The average molecular weight is 324 g/mol. The molecule has 0 unspecified atom stereocenters. The second-order valence-corrected chi connectivity index (χ2v) is 5.99. The zero-order valence-corrected chi connectivity index (χ0v) is 12.6. The first-order valence-corrected chi connectivity index (χ1v) is 7.71. The topological polar surface area (TPSA) is 89.9 Å². The van der Waals surface area contributed by atoms with Crippen LogP contribution in [-0.2, 0) is 23.7 Å². The average Bonchev–Trinajstić information content (AvgIpc) is 3.39. The number of hydrogen-bond acceptors (Lipinski definition) is 7. The van der Waals surface area contributed by atoms with Gasteiger partial charge in [-0.15, -0.1) is 0 Å². The van der Waals surface area contributed by atoms with Crippen LogP contribution in [-0.4, -0.2) is 67.0 Å². The highest BCUT2D eigenvalue weighted by molar-refractivity contribution is 5.22.